The number of aromatic nitrogens is 1. The van der Waals surface area contributed by atoms with E-state index in [0.717, 1.165) is 38.8 Å². The second-order valence-corrected chi connectivity index (χ2v) is 8.04. The van der Waals surface area contributed by atoms with Gasteiger partial charge in [0, 0.05) is 29.7 Å². The predicted octanol–water partition coefficient (Wildman–Crippen LogP) is 3.68. The van der Waals surface area contributed by atoms with Crippen LogP contribution in [0.4, 0.5) is 0 Å². The summed E-state index contributed by atoms with van der Waals surface area (Å²) in [5.41, 5.74) is 4.16. The first kappa shape index (κ1) is 15.4. The highest BCUT2D eigenvalue weighted by Crippen LogP contribution is 2.49. The number of H-pyrrole nitrogens is 1. The van der Waals surface area contributed by atoms with Crippen LogP contribution in [0.5, 0.6) is 0 Å². The lowest BCUT2D eigenvalue weighted by molar-refractivity contribution is -0.152. The Hall–Kier alpha value is -1.81. The number of rotatable bonds is 1. The molecule has 3 heterocycles. The Morgan fingerprint density at radius 3 is 3.04 bits per heavy atom. The summed E-state index contributed by atoms with van der Waals surface area (Å²) in [6.45, 7) is 2.28. The van der Waals surface area contributed by atoms with Crippen molar-refractivity contribution in [3.8, 4) is 0 Å². The molecule has 1 aromatic carbocycles. The van der Waals surface area contributed by atoms with E-state index in [-0.39, 0.29) is 11.9 Å². The average molecular weight is 338 g/mol. The molecule has 4 nitrogen and oxygen atoms in total. The first-order valence-corrected chi connectivity index (χ1v) is 9.67. The molecule has 1 N–H and O–H groups in total. The smallest absolute Gasteiger partial charge is 0.308 e. The number of hydrogen-bond donors (Lipinski definition) is 1. The second kappa shape index (κ2) is 5.87. The van der Waals surface area contributed by atoms with E-state index in [0.29, 0.717) is 17.9 Å². The number of nitrogens with zero attached hydrogens (tertiary/aromatic N) is 1. The molecule has 1 saturated heterocycles. The molecule has 1 saturated carbocycles. The van der Waals surface area contributed by atoms with Crippen LogP contribution in [0.1, 0.15) is 43.0 Å². The number of nitrogens with one attached hydrogen (secondary N) is 1. The predicted molar refractivity (Wildman–Crippen MR) is 97.3 cm³/mol. The van der Waals surface area contributed by atoms with E-state index < -0.39 is 0 Å². The van der Waals surface area contributed by atoms with Gasteiger partial charge in [-0.15, -0.1) is 0 Å². The van der Waals surface area contributed by atoms with Crippen LogP contribution in [0.3, 0.4) is 0 Å². The number of hydrogen-bond acceptors (Lipinski definition) is 3. The Kier molecular flexibility index (Phi) is 3.63. The molecule has 132 valence electrons. The van der Waals surface area contributed by atoms with Gasteiger partial charge in [0.15, 0.2) is 0 Å². The fourth-order valence-corrected chi connectivity index (χ4v) is 5.80. The van der Waals surface area contributed by atoms with E-state index in [2.05, 4.69) is 34.1 Å². The highest BCUT2D eigenvalue weighted by molar-refractivity contribution is 5.85. The van der Waals surface area contributed by atoms with Crippen LogP contribution in [0.15, 0.2) is 24.3 Å². The zero-order valence-corrected chi connectivity index (χ0v) is 14.8. The average Bonchev–Trinajstić information content (AvgIpc) is 3.04. The van der Waals surface area contributed by atoms with E-state index in [9.17, 15) is 4.79 Å². The third-order valence-corrected chi connectivity index (χ3v) is 6.95. The van der Waals surface area contributed by atoms with Gasteiger partial charge >= 0.3 is 5.97 Å². The summed E-state index contributed by atoms with van der Waals surface area (Å²) in [5.74, 6) is 1.23. The van der Waals surface area contributed by atoms with Crippen molar-refractivity contribution in [3.63, 3.8) is 0 Å². The molecule has 0 radical (unpaired) electrons. The highest BCUT2D eigenvalue weighted by Gasteiger charge is 2.46. The summed E-state index contributed by atoms with van der Waals surface area (Å²) in [6.07, 6.45) is 5.65. The lowest BCUT2D eigenvalue weighted by Crippen LogP contribution is -2.50. The quantitative estimate of drug-likeness (QED) is 0.807. The van der Waals surface area contributed by atoms with E-state index >= 15 is 0 Å². The first-order valence-electron chi connectivity index (χ1n) is 9.67. The van der Waals surface area contributed by atoms with Gasteiger partial charge in [-0.1, -0.05) is 24.6 Å². The molecule has 4 heteroatoms. The third-order valence-electron chi connectivity index (χ3n) is 6.95. The van der Waals surface area contributed by atoms with Crippen molar-refractivity contribution in [3.05, 3.63) is 35.5 Å². The summed E-state index contributed by atoms with van der Waals surface area (Å²) >= 11 is 0. The maximum Gasteiger partial charge on any atom is 0.308 e. The fraction of sp³-hybridized carbons (Fsp3) is 0.571. The summed E-state index contributed by atoms with van der Waals surface area (Å²) in [7, 11) is 1.54. The Balaban J connectivity index is 1.51. The second-order valence-electron chi connectivity index (χ2n) is 8.04. The van der Waals surface area contributed by atoms with E-state index in [1.807, 2.05) is 0 Å². The van der Waals surface area contributed by atoms with E-state index in [1.165, 1.54) is 35.7 Å². The summed E-state index contributed by atoms with van der Waals surface area (Å²) in [6, 6.07) is 9.09. The van der Waals surface area contributed by atoms with Crippen molar-refractivity contribution < 1.29 is 9.53 Å². The summed E-state index contributed by atoms with van der Waals surface area (Å²) in [4.78, 5) is 18.7. The molecule has 2 aliphatic heterocycles. The van der Waals surface area contributed by atoms with E-state index in [4.69, 9.17) is 4.74 Å². The van der Waals surface area contributed by atoms with Gasteiger partial charge < -0.3 is 9.72 Å². The minimum absolute atomic E-state index is 0.0100. The van der Waals surface area contributed by atoms with Gasteiger partial charge in [-0.2, -0.15) is 0 Å². The molecule has 5 rings (SSSR count). The van der Waals surface area contributed by atoms with Crippen LogP contribution in [0.25, 0.3) is 10.9 Å². The Labute approximate surface area is 148 Å². The lowest BCUT2D eigenvalue weighted by atomic mass is 9.66. The number of para-hydroxylation sites is 1. The Morgan fingerprint density at radius 1 is 1.28 bits per heavy atom. The molecule has 1 aromatic heterocycles. The molecule has 1 aliphatic carbocycles. The van der Waals surface area contributed by atoms with Crippen molar-refractivity contribution in [2.75, 3.05) is 20.2 Å². The molecule has 2 fully saturated rings. The number of aromatic amines is 1. The number of ether oxygens (including phenoxy) is 1. The number of benzene rings is 1. The van der Waals surface area contributed by atoms with Gasteiger partial charge in [0.1, 0.15) is 0 Å². The molecular formula is C21H26N2O2. The first-order chi connectivity index (χ1) is 12.3. The number of carbonyl (C=O) groups is 1. The number of piperidine rings is 1. The number of esters is 1. The van der Waals surface area contributed by atoms with Crippen molar-refractivity contribution in [2.24, 2.45) is 17.8 Å². The monoisotopic (exact) mass is 338 g/mol. The highest BCUT2D eigenvalue weighted by atomic mass is 16.5. The standard InChI is InChI=1S/C21H26N2O2/c1-25-21(24)16-7-4-5-13-12-23-10-9-15-14-6-2-3-8-18(14)22-20(15)19(23)11-17(13)16/h2-3,6,8,13,16-17,19,22H,4-5,7,9-12H2,1H3/t13?,16-,17-,19-/m0/s1. The maximum absolute atomic E-state index is 12.3. The van der Waals surface area contributed by atoms with E-state index in [1.54, 1.807) is 0 Å². The summed E-state index contributed by atoms with van der Waals surface area (Å²) < 4.78 is 5.13. The Morgan fingerprint density at radius 2 is 2.16 bits per heavy atom. The van der Waals surface area contributed by atoms with Gasteiger partial charge in [0.05, 0.1) is 19.1 Å². The minimum atomic E-state index is 0.0100. The maximum atomic E-state index is 12.3. The fourth-order valence-electron chi connectivity index (χ4n) is 5.80. The lowest BCUT2D eigenvalue weighted by Gasteiger charge is -2.49. The van der Waals surface area contributed by atoms with Crippen molar-refractivity contribution in [1.82, 2.24) is 9.88 Å². The van der Waals surface area contributed by atoms with Crippen LogP contribution >= 0.6 is 0 Å². The zero-order valence-electron chi connectivity index (χ0n) is 14.8. The van der Waals surface area contributed by atoms with Crippen LogP contribution in [0.2, 0.25) is 0 Å². The van der Waals surface area contributed by atoms with Gasteiger partial charge in [-0.05, 0) is 49.1 Å². The third kappa shape index (κ3) is 2.34. The Bertz CT molecular complexity index is 811. The van der Waals surface area contributed by atoms with Crippen molar-refractivity contribution >= 4 is 16.9 Å². The van der Waals surface area contributed by atoms with Crippen LogP contribution in [0, 0.1) is 17.8 Å². The normalized spacial score (nSPS) is 31.9. The molecule has 0 bridgehead atoms. The number of fused-ring (bicyclic) bond motifs is 6. The van der Waals surface area contributed by atoms with Gasteiger partial charge in [-0.3, -0.25) is 9.69 Å². The van der Waals surface area contributed by atoms with Crippen LogP contribution in [-0.4, -0.2) is 36.1 Å². The molecule has 3 aliphatic rings. The topological polar surface area (TPSA) is 45.3 Å². The molecular weight excluding hydrogens is 312 g/mol. The van der Waals surface area contributed by atoms with Crippen molar-refractivity contribution in [2.45, 2.75) is 38.1 Å². The number of carbonyl (C=O) groups excluding carboxylic acids is 1. The largest absolute Gasteiger partial charge is 0.469 e. The molecule has 2 aromatic rings. The molecule has 4 atom stereocenters. The SMILES string of the molecule is COC(=O)[C@H]1CCCC2CN3CCc4c([nH]c5ccccc45)[C@@H]3C[C@@H]21. The zero-order chi connectivity index (χ0) is 17.0. The number of methoxy groups -OCH3 is 1. The van der Waals surface area contributed by atoms with Crippen molar-refractivity contribution in [1.29, 1.82) is 0 Å². The molecule has 0 amide bonds. The molecule has 25 heavy (non-hydrogen) atoms. The van der Waals surface area contributed by atoms with Gasteiger partial charge in [0.2, 0.25) is 0 Å². The minimum Gasteiger partial charge on any atom is -0.469 e. The van der Waals surface area contributed by atoms with Crippen LogP contribution < -0.4 is 0 Å². The van der Waals surface area contributed by atoms with Crippen LogP contribution in [-0.2, 0) is 16.0 Å². The van der Waals surface area contributed by atoms with Gasteiger partial charge in [-0.25, -0.2) is 0 Å². The summed E-state index contributed by atoms with van der Waals surface area (Å²) in [5, 5.41) is 1.38. The van der Waals surface area contributed by atoms with Gasteiger partial charge in [0.25, 0.3) is 0 Å². The molecule has 1 unspecified atom stereocenters. The molecule has 0 spiro atoms.